The number of imide groups is 1. The summed E-state index contributed by atoms with van der Waals surface area (Å²) in [5.41, 5.74) is 2.27. The van der Waals surface area contributed by atoms with Crippen LogP contribution in [0.15, 0.2) is 83.3 Å². The Morgan fingerprint density at radius 1 is 1.09 bits per heavy atom. The number of fused-ring (bicyclic) bond motifs is 1. The number of aliphatic hydroxyl groups excluding tert-OH is 1. The Morgan fingerprint density at radius 3 is 2.50 bits per heavy atom. The van der Waals surface area contributed by atoms with Crippen molar-refractivity contribution in [1.82, 2.24) is 9.88 Å². The van der Waals surface area contributed by atoms with Gasteiger partial charge in [0.1, 0.15) is 37.2 Å². The van der Waals surface area contributed by atoms with E-state index >= 15 is 0 Å². The number of alkyl halides is 3. The Balaban J connectivity index is 1.24. The topological polar surface area (TPSA) is 115 Å². The Bertz CT molecular complexity index is 1530. The quantitative estimate of drug-likeness (QED) is 0.238. The van der Waals surface area contributed by atoms with Crippen molar-refractivity contribution in [2.24, 2.45) is 0 Å². The number of hydrogen-bond donors (Lipinski definition) is 1. The van der Waals surface area contributed by atoms with Gasteiger partial charge >= 0.3 is 12.3 Å². The first kappa shape index (κ1) is 30.8. The molecule has 5 rings (SSSR count). The zero-order chi connectivity index (χ0) is 31.3. The minimum atomic E-state index is -4.78. The van der Waals surface area contributed by atoms with Crippen molar-refractivity contribution in [3.63, 3.8) is 0 Å². The lowest BCUT2D eigenvalue weighted by molar-refractivity contribution is -0.199. The van der Waals surface area contributed by atoms with E-state index in [9.17, 15) is 27.9 Å². The van der Waals surface area contributed by atoms with Crippen LogP contribution < -0.4 is 9.64 Å². The molecule has 2 heterocycles. The van der Waals surface area contributed by atoms with Crippen LogP contribution in [0.3, 0.4) is 0 Å². The molecule has 13 heteroatoms. The summed E-state index contributed by atoms with van der Waals surface area (Å²) in [6.45, 7) is -1.28. The Morgan fingerprint density at radius 2 is 1.80 bits per heavy atom. The zero-order valence-electron chi connectivity index (χ0n) is 23.6. The standard InChI is InChI=1S/C31H30F3N3O7/c1-36(29-35-24-9-5-6-10-25(24)44-29)15-16-41-23-13-11-21(12-14-23)26(38)27(43-19-31(32,33)34)28(39)37-22(18-42-30(37)40)17-20-7-3-2-4-8-20/h2-14,22,26-27,38H,15-19H2,1H3. The number of carbonyl (C=O) groups is 2. The third-order valence-corrected chi connectivity index (χ3v) is 7.00. The van der Waals surface area contributed by atoms with Gasteiger partial charge < -0.3 is 28.6 Å². The third kappa shape index (κ3) is 7.47. The van der Waals surface area contributed by atoms with Crippen molar-refractivity contribution < 1.29 is 46.5 Å². The monoisotopic (exact) mass is 613 g/mol. The summed E-state index contributed by atoms with van der Waals surface area (Å²) in [4.78, 5) is 32.9. The summed E-state index contributed by atoms with van der Waals surface area (Å²) in [5, 5.41) is 11.0. The number of rotatable bonds is 12. The lowest BCUT2D eigenvalue weighted by Gasteiger charge is -2.28. The van der Waals surface area contributed by atoms with Gasteiger partial charge in [0, 0.05) is 7.05 Å². The number of amides is 2. The predicted octanol–water partition coefficient (Wildman–Crippen LogP) is 4.91. The number of cyclic esters (lactones) is 1. The van der Waals surface area contributed by atoms with Crippen LogP contribution in [0.5, 0.6) is 5.75 Å². The minimum Gasteiger partial charge on any atom is -0.492 e. The van der Waals surface area contributed by atoms with Gasteiger partial charge in [-0.05, 0) is 41.8 Å². The second-order valence-corrected chi connectivity index (χ2v) is 10.2. The van der Waals surface area contributed by atoms with Crippen LogP contribution in [0.1, 0.15) is 17.2 Å². The van der Waals surface area contributed by atoms with Gasteiger partial charge in [0.2, 0.25) is 0 Å². The van der Waals surface area contributed by atoms with Gasteiger partial charge in [0.05, 0.1) is 12.6 Å². The summed E-state index contributed by atoms with van der Waals surface area (Å²) in [7, 11) is 1.80. The molecule has 1 aliphatic rings. The van der Waals surface area contributed by atoms with Crippen molar-refractivity contribution >= 4 is 29.1 Å². The second kappa shape index (κ2) is 13.3. The number of anilines is 1. The molecule has 0 spiro atoms. The average molecular weight is 614 g/mol. The van der Waals surface area contributed by atoms with Gasteiger partial charge in [0.15, 0.2) is 11.7 Å². The summed E-state index contributed by atoms with van der Waals surface area (Å²) < 4.78 is 60.7. The number of carbonyl (C=O) groups excluding carboxylic acids is 2. The van der Waals surface area contributed by atoms with E-state index in [1.807, 2.05) is 24.3 Å². The summed E-state index contributed by atoms with van der Waals surface area (Å²) in [5.74, 6) is -0.718. The maximum Gasteiger partial charge on any atom is 0.417 e. The van der Waals surface area contributed by atoms with E-state index in [1.54, 1.807) is 42.3 Å². The van der Waals surface area contributed by atoms with Crippen molar-refractivity contribution in [1.29, 1.82) is 0 Å². The molecule has 1 fully saturated rings. The van der Waals surface area contributed by atoms with E-state index < -0.39 is 43.0 Å². The van der Waals surface area contributed by atoms with E-state index in [0.717, 1.165) is 16.0 Å². The molecule has 0 bridgehead atoms. The Hall–Kier alpha value is -4.62. The molecule has 0 radical (unpaired) electrons. The number of nitrogens with zero attached hydrogens (tertiary/aromatic N) is 3. The molecular formula is C31H30F3N3O7. The maximum atomic E-state index is 13.5. The molecule has 3 aromatic carbocycles. The molecule has 232 valence electrons. The fourth-order valence-electron chi connectivity index (χ4n) is 4.74. The highest BCUT2D eigenvalue weighted by Gasteiger charge is 2.45. The molecule has 1 saturated heterocycles. The number of hydrogen-bond acceptors (Lipinski definition) is 9. The molecule has 1 N–H and O–H groups in total. The number of aliphatic hydroxyl groups is 1. The van der Waals surface area contributed by atoms with Gasteiger partial charge in [-0.2, -0.15) is 18.2 Å². The highest BCUT2D eigenvalue weighted by molar-refractivity contribution is 5.96. The highest BCUT2D eigenvalue weighted by atomic mass is 19.4. The zero-order valence-corrected chi connectivity index (χ0v) is 23.6. The van der Waals surface area contributed by atoms with Crippen LogP contribution in [0, 0.1) is 0 Å². The number of benzene rings is 3. The molecule has 1 aliphatic heterocycles. The Labute approximate surface area is 250 Å². The first-order valence-electron chi connectivity index (χ1n) is 13.8. The van der Waals surface area contributed by atoms with Crippen molar-refractivity contribution in [2.75, 3.05) is 38.3 Å². The molecule has 0 saturated carbocycles. The fraction of sp³-hybridized carbons (Fsp3) is 0.323. The van der Waals surface area contributed by atoms with Crippen LogP contribution >= 0.6 is 0 Å². The molecule has 10 nitrogen and oxygen atoms in total. The number of oxazole rings is 1. The Kier molecular flexibility index (Phi) is 9.35. The number of halogens is 3. The van der Waals surface area contributed by atoms with E-state index in [2.05, 4.69) is 4.98 Å². The van der Waals surface area contributed by atoms with Gasteiger partial charge in [-0.15, -0.1) is 0 Å². The minimum absolute atomic E-state index is 0.0913. The molecular weight excluding hydrogens is 583 g/mol. The number of aromatic nitrogens is 1. The summed E-state index contributed by atoms with van der Waals surface area (Å²) in [6.07, 6.45) is -9.44. The van der Waals surface area contributed by atoms with E-state index in [-0.39, 0.29) is 25.2 Å². The van der Waals surface area contributed by atoms with E-state index in [4.69, 9.17) is 18.6 Å². The van der Waals surface area contributed by atoms with Crippen LogP contribution in [0.25, 0.3) is 11.1 Å². The van der Waals surface area contributed by atoms with Crippen molar-refractivity contribution in [3.05, 3.63) is 90.0 Å². The fourth-order valence-corrected chi connectivity index (χ4v) is 4.74. The predicted molar refractivity (Wildman–Crippen MR) is 152 cm³/mol. The maximum absolute atomic E-state index is 13.5. The third-order valence-electron chi connectivity index (χ3n) is 7.00. The van der Waals surface area contributed by atoms with E-state index in [0.29, 0.717) is 23.9 Å². The van der Waals surface area contributed by atoms with Gasteiger partial charge in [0.25, 0.3) is 11.9 Å². The second-order valence-electron chi connectivity index (χ2n) is 10.2. The van der Waals surface area contributed by atoms with E-state index in [1.165, 1.54) is 24.3 Å². The van der Waals surface area contributed by atoms with Gasteiger partial charge in [-0.25, -0.2) is 9.69 Å². The first-order valence-corrected chi connectivity index (χ1v) is 13.8. The van der Waals surface area contributed by atoms with Gasteiger partial charge in [-0.1, -0.05) is 54.6 Å². The average Bonchev–Trinajstić information content (AvgIpc) is 3.60. The number of likely N-dealkylation sites (N-methyl/N-ethyl adjacent to an activating group) is 1. The van der Waals surface area contributed by atoms with Crippen LogP contribution in [-0.2, 0) is 20.7 Å². The molecule has 2 amide bonds. The summed E-state index contributed by atoms with van der Waals surface area (Å²) >= 11 is 0. The first-order chi connectivity index (χ1) is 21.1. The summed E-state index contributed by atoms with van der Waals surface area (Å²) in [6, 6.07) is 21.8. The van der Waals surface area contributed by atoms with Gasteiger partial charge in [-0.3, -0.25) is 4.79 Å². The molecule has 3 atom stereocenters. The SMILES string of the molecule is CN(CCOc1ccc(C(O)C(OCC(F)(F)F)C(=O)N2C(=O)OCC2Cc2ccccc2)cc1)c1nc2ccccc2o1. The number of ether oxygens (including phenoxy) is 3. The molecule has 0 aliphatic carbocycles. The highest BCUT2D eigenvalue weighted by Crippen LogP contribution is 2.29. The van der Waals surface area contributed by atoms with Crippen LogP contribution in [0.2, 0.25) is 0 Å². The lowest BCUT2D eigenvalue weighted by Crippen LogP contribution is -2.49. The molecule has 44 heavy (non-hydrogen) atoms. The van der Waals surface area contributed by atoms with Crippen LogP contribution in [0.4, 0.5) is 24.0 Å². The molecule has 1 aromatic heterocycles. The normalized spacial score (nSPS) is 16.5. The smallest absolute Gasteiger partial charge is 0.417 e. The number of para-hydroxylation sites is 2. The molecule has 3 unspecified atom stereocenters. The lowest BCUT2D eigenvalue weighted by atomic mass is 10.0. The largest absolute Gasteiger partial charge is 0.492 e. The molecule has 4 aromatic rings. The van der Waals surface area contributed by atoms with Crippen molar-refractivity contribution in [2.45, 2.75) is 30.8 Å². The van der Waals surface area contributed by atoms with Crippen molar-refractivity contribution in [3.8, 4) is 5.75 Å². The van der Waals surface area contributed by atoms with Crippen LogP contribution in [-0.4, -0.2) is 78.7 Å².